The van der Waals surface area contributed by atoms with Crippen molar-refractivity contribution in [1.29, 1.82) is 10.5 Å². The fourth-order valence-electron chi connectivity index (χ4n) is 2.85. The number of hydrogen-bond donors (Lipinski definition) is 1. The Kier molecular flexibility index (Phi) is 8.11. The number of halogens is 1. The fourth-order valence-corrected chi connectivity index (χ4v) is 5.42. The van der Waals surface area contributed by atoms with Crippen LogP contribution in [0.2, 0.25) is 5.02 Å². The van der Waals surface area contributed by atoms with Crippen molar-refractivity contribution in [1.82, 2.24) is 0 Å². The lowest BCUT2D eigenvalue weighted by atomic mass is 10.1. The van der Waals surface area contributed by atoms with Gasteiger partial charge in [0.25, 0.3) is 0 Å². The van der Waals surface area contributed by atoms with Gasteiger partial charge in [0.2, 0.25) is 0 Å². The number of hydrogen-bond acceptors (Lipinski definition) is 5. The molecule has 0 saturated heterocycles. The van der Waals surface area contributed by atoms with E-state index in [0.29, 0.717) is 16.3 Å². The quantitative estimate of drug-likeness (QED) is 0.359. The van der Waals surface area contributed by atoms with Crippen molar-refractivity contribution in [2.24, 2.45) is 0 Å². The minimum atomic E-state index is 0.217. The highest BCUT2D eigenvalue weighted by Gasteiger charge is 2.24. The molecule has 0 aliphatic rings. The van der Waals surface area contributed by atoms with Gasteiger partial charge in [-0.05, 0) is 30.7 Å². The lowest BCUT2D eigenvalue weighted by Gasteiger charge is -2.20. The minimum absolute atomic E-state index is 0.217. The molecule has 0 atom stereocenters. The van der Waals surface area contributed by atoms with Crippen LogP contribution in [-0.2, 0) is 0 Å². The Morgan fingerprint density at radius 3 is 1.87 bits per heavy atom. The van der Waals surface area contributed by atoms with Crippen molar-refractivity contribution in [2.75, 3.05) is 11.9 Å². The molecule has 0 unspecified atom stereocenters. The molecule has 0 bridgehead atoms. The first-order valence-electron chi connectivity index (χ1n) is 9.58. The summed E-state index contributed by atoms with van der Waals surface area (Å²) < 4.78 is 0. The second-order valence-corrected chi connectivity index (χ2v) is 8.98. The third kappa shape index (κ3) is 5.12. The van der Waals surface area contributed by atoms with Crippen LogP contribution in [0.15, 0.2) is 80.2 Å². The Bertz CT molecular complexity index is 1090. The molecule has 3 aromatic carbocycles. The maximum atomic E-state index is 9.87. The zero-order chi connectivity index (χ0) is 21.3. The number of benzene rings is 3. The van der Waals surface area contributed by atoms with E-state index < -0.39 is 0 Å². The lowest BCUT2D eigenvalue weighted by Crippen LogP contribution is -2.07. The van der Waals surface area contributed by atoms with Crippen LogP contribution < -0.4 is 5.32 Å². The number of rotatable bonds is 8. The predicted molar refractivity (Wildman–Crippen MR) is 125 cm³/mol. The molecule has 3 aromatic rings. The summed E-state index contributed by atoms with van der Waals surface area (Å²) in [5.74, 6) is 0. The largest absolute Gasteiger partial charge is 0.383 e. The van der Waals surface area contributed by atoms with E-state index in [-0.39, 0.29) is 5.56 Å². The Hall–Kier alpha value is -2.57. The molecule has 3 nitrogen and oxygen atoms in total. The van der Waals surface area contributed by atoms with Gasteiger partial charge >= 0.3 is 0 Å². The van der Waals surface area contributed by atoms with E-state index in [9.17, 15) is 10.5 Å². The van der Waals surface area contributed by atoms with Gasteiger partial charge < -0.3 is 5.32 Å². The van der Waals surface area contributed by atoms with Crippen LogP contribution in [-0.4, -0.2) is 6.54 Å². The van der Waals surface area contributed by atoms with Crippen molar-refractivity contribution < 1.29 is 0 Å². The van der Waals surface area contributed by atoms with Gasteiger partial charge in [0.15, 0.2) is 0 Å². The van der Waals surface area contributed by atoms with Gasteiger partial charge in [-0.25, -0.2) is 0 Å². The Labute approximate surface area is 191 Å². The zero-order valence-electron chi connectivity index (χ0n) is 16.5. The number of unbranched alkanes of at least 4 members (excludes halogenated alkanes) is 1. The smallest absolute Gasteiger partial charge is 0.103 e. The molecule has 0 saturated carbocycles. The van der Waals surface area contributed by atoms with E-state index in [0.717, 1.165) is 39.0 Å². The monoisotopic (exact) mass is 449 g/mol. The fraction of sp³-hybridized carbons (Fsp3) is 0.167. The standard InChI is InChI=1S/C24H20ClN3S2/c1-2-3-14-28-22-20(16-27)19(15-26)21(25)23(29-17-10-6-4-7-11-17)24(22)30-18-12-8-5-9-13-18/h4-13,28H,2-3,14H2,1H3. The van der Waals surface area contributed by atoms with Crippen LogP contribution in [0.25, 0.3) is 0 Å². The van der Waals surface area contributed by atoms with Crippen LogP contribution in [0.3, 0.4) is 0 Å². The van der Waals surface area contributed by atoms with E-state index >= 15 is 0 Å². The van der Waals surface area contributed by atoms with Crippen molar-refractivity contribution >= 4 is 40.8 Å². The highest BCUT2D eigenvalue weighted by Crippen LogP contribution is 2.49. The van der Waals surface area contributed by atoms with E-state index in [2.05, 4.69) is 24.4 Å². The molecule has 6 heteroatoms. The summed E-state index contributed by atoms with van der Waals surface area (Å²) in [6, 6.07) is 24.2. The highest BCUT2D eigenvalue weighted by molar-refractivity contribution is 8.02. The molecule has 0 aromatic heterocycles. The van der Waals surface area contributed by atoms with Gasteiger partial charge in [0.1, 0.15) is 12.1 Å². The zero-order valence-corrected chi connectivity index (χ0v) is 18.9. The van der Waals surface area contributed by atoms with Gasteiger partial charge in [-0.2, -0.15) is 10.5 Å². The molecule has 0 aliphatic heterocycles. The van der Waals surface area contributed by atoms with Gasteiger partial charge in [-0.3, -0.25) is 0 Å². The minimum Gasteiger partial charge on any atom is -0.383 e. The van der Waals surface area contributed by atoms with Crippen molar-refractivity contribution in [2.45, 2.75) is 39.3 Å². The molecule has 0 fully saturated rings. The molecule has 0 amide bonds. The average Bonchev–Trinajstić information content (AvgIpc) is 2.78. The second-order valence-electron chi connectivity index (χ2n) is 6.43. The molecule has 30 heavy (non-hydrogen) atoms. The molecule has 0 radical (unpaired) electrons. The van der Waals surface area contributed by atoms with Crippen molar-refractivity contribution in [3.8, 4) is 12.1 Å². The second kappa shape index (κ2) is 11.0. The van der Waals surface area contributed by atoms with Crippen LogP contribution in [0, 0.1) is 22.7 Å². The first kappa shape index (κ1) is 22.1. The number of anilines is 1. The Morgan fingerprint density at radius 1 is 0.833 bits per heavy atom. The molecule has 150 valence electrons. The maximum absolute atomic E-state index is 9.87. The van der Waals surface area contributed by atoms with E-state index in [1.807, 2.05) is 60.7 Å². The molecular weight excluding hydrogens is 430 g/mol. The molecule has 3 rings (SSSR count). The van der Waals surface area contributed by atoms with Crippen molar-refractivity contribution in [3.05, 3.63) is 76.8 Å². The van der Waals surface area contributed by atoms with Crippen LogP contribution in [0.5, 0.6) is 0 Å². The predicted octanol–water partition coefficient (Wildman–Crippen LogP) is 7.60. The summed E-state index contributed by atoms with van der Waals surface area (Å²) in [5, 5.41) is 23.4. The van der Waals surface area contributed by atoms with Gasteiger partial charge in [0, 0.05) is 21.2 Å². The van der Waals surface area contributed by atoms with E-state index in [1.165, 1.54) is 11.8 Å². The summed E-state index contributed by atoms with van der Waals surface area (Å²) in [6.45, 7) is 2.83. The number of nitrogens with one attached hydrogen (secondary N) is 1. The molecule has 0 aliphatic carbocycles. The number of nitriles is 2. The lowest BCUT2D eigenvalue weighted by molar-refractivity contribution is 0.831. The maximum Gasteiger partial charge on any atom is 0.103 e. The van der Waals surface area contributed by atoms with Crippen LogP contribution in [0.4, 0.5) is 5.69 Å². The third-order valence-corrected chi connectivity index (χ3v) is 7.19. The first-order chi connectivity index (χ1) is 14.7. The van der Waals surface area contributed by atoms with Crippen LogP contribution in [0.1, 0.15) is 30.9 Å². The molecule has 1 N–H and O–H groups in total. The number of nitrogens with zero attached hydrogens (tertiary/aromatic N) is 2. The van der Waals surface area contributed by atoms with Gasteiger partial charge in [-0.15, -0.1) is 0 Å². The van der Waals surface area contributed by atoms with Crippen molar-refractivity contribution in [3.63, 3.8) is 0 Å². The summed E-state index contributed by atoms with van der Waals surface area (Å²) >= 11 is 9.77. The summed E-state index contributed by atoms with van der Waals surface area (Å²) in [6.07, 6.45) is 1.99. The molecular formula is C24H20ClN3S2. The third-order valence-electron chi connectivity index (χ3n) is 4.33. The SMILES string of the molecule is CCCCNc1c(C#N)c(C#N)c(Cl)c(Sc2ccccc2)c1Sc1ccccc1. The first-order valence-corrected chi connectivity index (χ1v) is 11.6. The average molecular weight is 450 g/mol. The van der Waals surface area contributed by atoms with Gasteiger partial charge in [-0.1, -0.05) is 84.9 Å². The molecule has 0 heterocycles. The highest BCUT2D eigenvalue weighted by atomic mass is 35.5. The van der Waals surface area contributed by atoms with Crippen LogP contribution >= 0.6 is 35.1 Å². The molecule has 0 spiro atoms. The normalized spacial score (nSPS) is 10.3. The Morgan fingerprint density at radius 2 is 1.37 bits per heavy atom. The summed E-state index contributed by atoms with van der Waals surface area (Å²) in [4.78, 5) is 3.70. The van der Waals surface area contributed by atoms with E-state index in [1.54, 1.807) is 11.8 Å². The summed E-state index contributed by atoms with van der Waals surface area (Å²) in [7, 11) is 0. The Balaban J connectivity index is 2.22. The topological polar surface area (TPSA) is 59.6 Å². The van der Waals surface area contributed by atoms with E-state index in [4.69, 9.17) is 11.6 Å². The summed E-state index contributed by atoms with van der Waals surface area (Å²) in [5.41, 5.74) is 1.20. The van der Waals surface area contributed by atoms with Gasteiger partial charge in [0.05, 0.1) is 26.7 Å².